The lowest BCUT2D eigenvalue weighted by Crippen LogP contribution is -2.15. The first kappa shape index (κ1) is 6.94. The molecule has 0 aromatic rings. The van der Waals surface area contributed by atoms with E-state index >= 15 is 0 Å². The Morgan fingerprint density at radius 3 is 2.88 bits per heavy atom. The minimum absolute atomic E-state index is 0.333. The van der Waals surface area contributed by atoms with Crippen molar-refractivity contribution in [1.29, 1.82) is 0 Å². The number of carbonyl (C=O) groups excluding carboxylic acids is 1. The van der Waals surface area contributed by atoms with E-state index in [0.717, 1.165) is 0 Å². The Labute approximate surface area is 48.0 Å². The average Bonchev–Trinajstić information content (AvgIpc) is 1.83. The Hall–Kier alpha value is -1.06. The highest BCUT2D eigenvalue weighted by atomic mass is 16.1. The standard InChI is InChI=1S/C4H9N3O/c1-7(4-8)3-6-2-5/h2,4H,3H2,1H3,(H2,5,6). The summed E-state index contributed by atoms with van der Waals surface area (Å²) in [7, 11) is 1.62. The summed E-state index contributed by atoms with van der Waals surface area (Å²) in [5.41, 5.74) is 4.90. The van der Waals surface area contributed by atoms with E-state index in [0.29, 0.717) is 13.1 Å². The van der Waals surface area contributed by atoms with E-state index in [1.807, 2.05) is 0 Å². The van der Waals surface area contributed by atoms with Crippen molar-refractivity contribution in [3.63, 3.8) is 0 Å². The summed E-state index contributed by atoms with van der Waals surface area (Å²) in [6, 6.07) is 0. The molecule has 0 aromatic heterocycles. The van der Waals surface area contributed by atoms with E-state index in [1.54, 1.807) is 7.05 Å². The van der Waals surface area contributed by atoms with Crippen molar-refractivity contribution < 1.29 is 4.79 Å². The Bertz CT molecular complexity index is 91.3. The van der Waals surface area contributed by atoms with Crippen LogP contribution in [0.5, 0.6) is 0 Å². The quantitative estimate of drug-likeness (QED) is 0.292. The van der Waals surface area contributed by atoms with Crippen LogP contribution in [0.3, 0.4) is 0 Å². The Kier molecular flexibility index (Phi) is 3.56. The van der Waals surface area contributed by atoms with Gasteiger partial charge in [0.2, 0.25) is 6.41 Å². The third-order valence-corrected chi connectivity index (χ3v) is 0.590. The van der Waals surface area contributed by atoms with Crippen molar-refractivity contribution in [2.75, 3.05) is 13.7 Å². The van der Waals surface area contributed by atoms with Gasteiger partial charge in [0.05, 0.1) is 6.34 Å². The molecule has 0 aliphatic carbocycles. The zero-order chi connectivity index (χ0) is 6.41. The topological polar surface area (TPSA) is 58.7 Å². The van der Waals surface area contributed by atoms with Gasteiger partial charge in [0, 0.05) is 7.05 Å². The van der Waals surface area contributed by atoms with Crippen molar-refractivity contribution >= 4 is 12.7 Å². The molecular weight excluding hydrogens is 106 g/mol. The molecule has 2 N–H and O–H groups in total. The van der Waals surface area contributed by atoms with E-state index in [9.17, 15) is 4.79 Å². The van der Waals surface area contributed by atoms with Gasteiger partial charge >= 0.3 is 0 Å². The Morgan fingerprint density at radius 2 is 2.50 bits per heavy atom. The Balaban J connectivity index is 3.23. The summed E-state index contributed by atoms with van der Waals surface area (Å²) in [4.78, 5) is 14.8. The van der Waals surface area contributed by atoms with Crippen molar-refractivity contribution in [3.8, 4) is 0 Å². The first-order valence-electron chi connectivity index (χ1n) is 2.17. The second kappa shape index (κ2) is 4.11. The molecule has 0 aliphatic rings. The molecule has 0 aliphatic heterocycles. The van der Waals surface area contributed by atoms with Gasteiger partial charge in [-0.3, -0.25) is 9.79 Å². The third-order valence-electron chi connectivity index (χ3n) is 0.590. The highest BCUT2D eigenvalue weighted by molar-refractivity contribution is 5.52. The number of hydrogen-bond acceptors (Lipinski definition) is 2. The van der Waals surface area contributed by atoms with Crippen LogP contribution in [0, 0.1) is 0 Å². The molecule has 0 fully saturated rings. The summed E-state index contributed by atoms with van der Waals surface area (Å²) in [6.07, 6.45) is 1.85. The van der Waals surface area contributed by atoms with Crippen LogP contribution in [-0.2, 0) is 4.79 Å². The fourth-order valence-electron chi connectivity index (χ4n) is 0.209. The number of amides is 1. The Morgan fingerprint density at radius 1 is 1.88 bits per heavy atom. The lowest BCUT2D eigenvalue weighted by molar-refractivity contribution is -0.116. The summed E-state index contributed by atoms with van der Waals surface area (Å²) >= 11 is 0. The minimum atomic E-state index is 0.333. The van der Waals surface area contributed by atoms with E-state index in [2.05, 4.69) is 4.99 Å². The molecule has 0 unspecified atom stereocenters. The lowest BCUT2D eigenvalue weighted by atomic mass is 10.9. The molecule has 4 nitrogen and oxygen atoms in total. The number of nitrogens with zero attached hydrogens (tertiary/aromatic N) is 2. The molecule has 0 radical (unpaired) electrons. The number of carbonyl (C=O) groups is 1. The van der Waals surface area contributed by atoms with Crippen LogP contribution in [0.15, 0.2) is 4.99 Å². The molecule has 0 saturated heterocycles. The van der Waals surface area contributed by atoms with Crippen molar-refractivity contribution in [2.24, 2.45) is 10.7 Å². The molecule has 0 spiro atoms. The molecule has 1 amide bonds. The van der Waals surface area contributed by atoms with Crippen molar-refractivity contribution in [3.05, 3.63) is 0 Å². The van der Waals surface area contributed by atoms with Gasteiger partial charge in [-0.15, -0.1) is 0 Å². The number of aliphatic imine (C=N–C) groups is 1. The maximum Gasteiger partial charge on any atom is 0.210 e. The van der Waals surface area contributed by atoms with Gasteiger partial charge in [-0.05, 0) is 0 Å². The van der Waals surface area contributed by atoms with Crippen LogP contribution in [0.2, 0.25) is 0 Å². The maximum atomic E-state index is 9.82. The minimum Gasteiger partial charge on any atom is -0.390 e. The molecule has 8 heavy (non-hydrogen) atoms. The van der Waals surface area contributed by atoms with Gasteiger partial charge in [0.25, 0.3) is 0 Å². The second-order valence-electron chi connectivity index (χ2n) is 1.34. The normalized spacial score (nSPS) is 9.62. The SMILES string of the molecule is CN(C=O)CN=CN. The number of hydrogen-bond donors (Lipinski definition) is 1. The van der Waals surface area contributed by atoms with E-state index in [4.69, 9.17) is 5.73 Å². The lowest BCUT2D eigenvalue weighted by Gasteiger charge is -2.02. The second-order valence-corrected chi connectivity index (χ2v) is 1.34. The van der Waals surface area contributed by atoms with E-state index < -0.39 is 0 Å². The predicted molar refractivity (Wildman–Crippen MR) is 31.4 cm³/mol. The number of nitrogens with two attached hydrogens (primary N) is 1. The molecule has 0 saturated carbocycles. The smallest absolute Gasteiger partial charge is 0.210 e. The highest BCUT2D eigenvalue weighted by Crippen LogP contribution is 1.71. The van der Waals surface area contributed by atoms with Crippen molar-refractivity contribution in [2.45, 2.75) is 0 Å². The van der Waals surface area contributed by atoms with Crippen LogP contribution in [0.25, 0.3) is 0 Å². The van der Waals surface area contributed by atoms with Gasteiger partial charge in [-0.2, -0.15) is 0 Å². The van der Waals surface area contributed by atoms with Crippen LogP contribution >= 0.6 is 0 Å². The van der Waals surface area contributed by atoms with Crippen LogP contribution in [-0.4, -0.2) is 31.4 Å². The fraction of sp³-hybridized carbons (Fsp3) is 0.500. The average molecular weight is 115 g/mol. The van der Waals surface area contributed by atoms with Crippen LogP contribution in [0.1, 0.15) is 0 Å². The van der Waals surface area contributed by atoms with Gasteiger partial charge in [0.15, 0.2) is 0 Å². The van der Waals surface area contributed by atoms with Gasteiger partial charge < -0.3 is 10.6 Å². The van der Waals surface area contributed by atoms with Gasteiger partial charge in [-0.25, -0.2) is 0 Å². The van der Waals surface area contributed by atoms with Gasteiger partial charge in [-0.1, -0.05) is 0 Å². The molecule has 46 valence electrons. The van der Waals surface area contributed by atoms with Gasteiger partial charge in [0.1, 0.15) is 6.67 Å². The molecule has 0 heterocycles. The molecule has 0 aromatic carbocycles. The summed E-state index contributed by atoms with van der Waals surface area (Å²) in [5.74, 6) is 0. The summed E-state index contributed by atoms with van der Waals surface area (Å²) < 4.78 is 0. The zero-order valence-electron chi connectivity index (χ0n) is 4.74. The highest BCUT2D eigenvalue weighted by Gasteiger charge is 1.83. The van der Waals surface area contributed by atoms with Crippen LogP contribution in [0.4, 0.5) is 0 Å². The zero-order valence-corrected chi connectivity index (χ0v) is 4.74. The predicted octanol–water partition coefficient (Wildman–Crippen LogP) is -0.981. The van der Waals surface area contributed by atoms with Crippen molar-refractivity contribution in [1.82, 2.24) is 4.90 Å². The summed E-state index contributed by atoms with van der Waals surface area (Å²) in [6.45, 7) is 0.333. The van der Waals surface area contributed by atoms with Crippen LogP contribution < -0.4 is 5.73 Å². The maximum absolute atomic E-state index is 9.82. The third kappa shape index (κ3) is 3.14. The summed E-state index contributed by atoms with van der Waals surface area (Å²) in [5, 5.41) is 0. The van der Waals surface area contributed by atoms with E-state index in [1.165, 1.54) is 11.2 Å². The molecule has 0 rings (SSSR count). The fourth-order valence-corrected chi connectivity index (χ4v) is 0.209. The van der Waals surface area contributed by atoms with E-state index in [-0.39, 0.29) is 0 Å². The molecule has 4 heteroatoms. The first-order valence-corrected chi connectivity index (χ1v) is 2.17. The largest absolute Gasteiger partial charge is 0.390 e. The monoisotopic (exact) mass is 115 g/mol. The molecule has 0 bridgehead atoms. The molecule has 0 atom stereocenters. The molecular formula is C4H9N3O. The number of rotatable bonds is 3. The first-order chi connectivity index (χ1) is 3.81.